The molecule has 1 fully saturated rings. The third-order valence-electron chi connectivity index (χ3n) is 7.53. The summed E-state index contributed by atoms with van der Waals surface area (Å²) in [5.41, 5.74) is 4.21. The maximum atomic E-state index is 12.7. The van der Waals surface area contributed by atoms with Crippen LogP contribution in [-0.4, -0.2) is 128 Å². The molecular formula is C26H38N7O19P3S. The molecule has 3 aromatic heterocycles. The molecule has 1 saturated heterocycles. The summed E-state index contributed by atoms with van der Waals surface area (Å²) in [6.07, 6.45) is -7.06. The lowest BCUT2D eigenvalue weighted by molar-refractivity contribution is -0.137. The van der Waals surface area contributed by atoms with E-state index in [1.54, 1.807) is 0 Å². The van der Waals surface area contributed by atoms with Crippen molar-refractivity contribution in [3.05, 3.63) is 30.5 Å². The number of anilines is 1. The van der Waals surface area contributed by atoms with Crippen molar-refractivity contribution in [2.24, 2.45) is 5.41 Å². The highest BCUT2D eigenvalue weighted by Crippen LogP contribution is 2.61. The summed E-state index contributed by atoms with van der Waals surface area (Å²) in [4.78, 5) is 87.4. The van der Waals surface area contributed by atoms with Crippen LogP contribution in [0.15, 0.2) is 29.2 Å². The third-order valence-corrected chi connectivity index (χ3v) is 11.5. The van der Waals surface area contributed by atoms with Crippen LogP contribution in [0.1, 0.15) is 37.1 Å². The zero-order valence-electron chi connectivity index (χ0n) is 29.1. The summed E-state index contributed by atoms with van der Waals surface area (Å²) in [7, 11) is -16.4. The van der Waals surface area contributed by atoms with E-state index < -0.39 is 95.6 Å². The van der Waals surface area contributed by atoms with Gasteiger partial charge in [0.2, 0.25) is 11.8 Å². The Labute approximate surface area is 319 Å². The number of aliphatic hydroxyl groups excluding tert-OH is 2. The van der Waals surface area contributed by atoms with Gasteiger partial charge in [-0.3, -0.25) is 32.5 Å². The van der Waals surface area contributed by atoms with E-state index in [2.05, 4.69) is 34.4 Å². The highest BCUT2D eigenvalue weighted by atomic mass is 32.2. The largest absolute Gasteiger partial charge is 0.481 e. The zero-order valence-corrected chi connectivity index (χ0v) is 32.6. The quantitative estimate of drug-likeness (QED) is 0.0494. The minimum atomic E-state index is -5.58. The van der Waals surface area contributed by atoms with Gasteiger partial charge < -0.3 is 60.4 Å². The van der Waals surface area contributed by atoms with Gasteiger partial charge in [0, 0.05) is 36.7 Å². The van der Waals surface area contributed by atoms with Crippen molar-refractivity contribution >= 4 is 69.1 Å². The summed E-state index contributed by atoms with van der Waals surface area (Å²) in [6.45, 7) is 0.243. The number of ether oxygens (including phenoxy) is 1. The molecular weight excluding hydrogens is 839 g/mol. The van der Waals surface area contributed by atoms with Crippen LogP contribution >= 0.6 is 35.2 Å². The van der Waals surface area contributed by atoms with Gasteiger partial charge in [-0.15, -0.1) is 0 Å². The molecule has 26 nitrogen and oxygen atoms in total. The number of fused-ring (bicyclic) bond motifs is 1. The predicted octanol–water partition coefficient (Wildman–Crippen LogP) is -0.723. The van der Waals surface area contributed by atoms with Crippen LogP contribution < -0.4 is 16.4 Å². The molecule has 11 N–H and O–H groups in total. The smallest absolute Gasteiger partial charge is 0.481 e. The molecule has 7 atom stereocenters. The van der Waals surface area contributed by atoms with Crippen molar-refractivity contribution in [1.29, 1.82) is 0 Å². The second-order valence-electron chi connectivity index (χ2n) is 12.3. The Morgan fingerprint density at radius 3 is 2.41 bits per heavy atom. The van der Waals surface area contributed by atoms with Crippen molar-refractivity contribution in [2.45, 2.75) is 50.9 Å². The van der Waals surface area contributed by atoms with Gasteiger partial charge in [0.05, 0.1) is 19.5 Å². The van der Waals surface area contributed by atoms with Crippen LogP contribution in [0.2, 0.25) is 0 Å². The van der Waals surface area contributed by atoms with Crippen LogP contribution in [0, 0.1) is 5.41 Å². The van der Waals surface area contributed by atoms with E-state index in [4.69, 9.17) is 29.0 Å². The Morgan fingerprint density at radius 2 is 1.75 bits per heavy atom. The molecule has 0 aromatic carbocycles. The van der Waals surface area contributed by atoms with Crippen LogP contribution in [0.3, 0.4) is 0 Å². The number of nitrogens with zero attached hydrogens (tertiary/aromatic N) is 4. The molecule has 56 heavy (non-hydrogen) atoms. The number of nitrogens with one attached hydrogen (secondary N) is 2. The first kappa shape index (κ1) is 45.3. The fourth-order valence-corrected chi connectivity index (χ4v) is 8.25. The molecule has 4 rings (SSSR count). The van der Waals surface area contributed by atoms with E-state index in [1.807, 2.05) is 0 Å². The van der Waals surface area contributed by atoms with Crippen LogP contribution in [0.5, 0.6) is 5.95 Å². The zero-order chi connectivity index (χ0) is 41.6. The van der Waals surface area contributed by atoms with Gasteiger partial charge in [-0.2, -0.15) is 4.31 Å². The highest BCUT2D eigenvalue weighted by Gasteiger charge is 2.50. The average Bonchev–Trinajstić information content (AvgIpc) is 3.81. The van der Waals surface area contributed by atoms with Crippen molar-refractivity contribution in [3.8, 4) is 5.95 Å². The standard InChI is InChI=1S/C26H38N7O19P3S/c1-26(2,20(37)23(38)29-6-5-15(34)28-7-8-56-25(39)13-3-4-16(35)49-13)10-48-55(45,46)52-54(43,44)47-9-14-19(51-53(40,41)42)18(36)24(50-14)33-12-32-17-21(27)30-11-31-22(17)33/h3-4,11-12,14,18-20,24,35-37H,5-10H2,1-2H3,(H,28,34)(H,29,38)(H,43,44)(H,45,46)(H2,27,30,31)(H2,40,41,42). The molecule has 2 amide bonds. The topological polar surface area (TPSA) is 397 Å². The Morgan fingerprint density at radius 1 is 1.05 bits per heavy atom. The molecule has 3 aromatic rings. The van der Waals surface area contributed by atoms with E-state index in [-0.39, 0.29) is 48.0 Å². The first-order valence-corrected chi connectivity index (χ1v) is 21.3. The lowest BCUT2D eigenvalue weighted by atomic mass is 9.87. The molecule has 1 aliphatic heterocycles. The summed E-state index contributed by atoms with van der Waals surface area (Å²) in [6, 6.07) is 2.49. The SMILES string of the molecule is CC(C)(COP(=O)(O)OP(=O)(O)OCC1OC(n2cnc3c(N)ncnc32)C(O)C1OP(=O)(O)O)C(O)C(=O)NCCC(=O)NCCSC(=O)c1ccc(O)o1. The minimum absolute atomic E-state index is 0.0223. The number of aromatic nitrogens is 4. The summed E-state index contributed by atoms with van der Waals surface area (Å²) in [5, 5.41) is 34.9. The number of aromatic hydroxyl groups is 1. The van der Waals surface area contributed by atoms with E-state index in [0.717, 1.165) is 29.0 Å². The van der Waals surface area contributed by atoms with Gasteiger partial charge in [-0.1, -0.05) is 25.6 Å². The van der Waals surface area contributed by atoms with Crippen molar-refractivity contribution in [2.75, 3.05) is 37.8 Å². The Balaban J connectivity index is 1.23. The fourth-order valence-electron chi connectivity index (χ4n) is 4.78. The van der Waals surface area contributed by atoms with Gasteiger partial charge in [-0.25, -0.2) is 28.6 Å². The number of imidazole rings is 1. The minimum Gasteiger partial charge on any atom is -0.481 e. The number of hydrogen-bond acceptors (Lipinski definition) is 20. The highest BCUT2D eigenvalue weighted by molar-refractivity contribution is 8.14. The van der Waals surface area contributed by atoms with E-state index in [0.29, 0.717) is 0 Å². The molecule has 4 heterocycles. The molecule has 0 spiro atoms. The molecule has 30 heteroatoms. The molecule has 0 bridgehead atoms. The van der Waals surface area contributed by atoms with Crippen LogP contribution in [0.4, 0.5) is 5.82 Å². The number of furan rings is 1. The number of phosphoric acid groups is 3. The number of amides is 2. The maximum Gasteiger partial charge on any atom is 0.481 e. The molecule has 7 unspecified atom stereocenters. The number of aliphatic hydroxyl groups is 2. The number of rotatable bonds is 20. The van der Waals surface area contributed by atoms with E-state index in [1.165, 1.54) is 26.0 Å². The first-order valence-electron chi connectivity index (χ1n) is 15.8. The Bertz CT molecular complexity index is 2030. The fraction of sp³-hybridized carbons (Fsp3) is 0.538. The maximum absolute atomic E-state index is 12.7. The van der Waals surface area contributed by atoms with Gasteiger partial charge >= 0.3 is 23.5 Å². The van der Waals surface area contributed by atoms with Crippen molar-refractivity contribution in [3.63, 3.8) is 0 Å². The summed E-state index contributed by atoms with van der Waals surface area (Å²) < 4.78 is 66.8. The lowest BCUT2D eigenvalue weighted by Gasteiger charge is -2.30. The summed E-state index contributed by atoms with van der Waals surface area (Å²) >= 11 is 0.832. The van der Waals surface area contributed by atoms with Crippen LogP contribution in [-0.2, 0) is 45.9 Å². The number of carbonyl (C=O) groups excluding carboxylic acids is 3. The number of nitrogen functional groups attached to an aromatic ring is 1. The van der Waals surface area contributed by atoms with E-state index in [9.17, 15) is 57.9 Å². The third kappa shape index (κ3) is 12.6. The molecule has 312 valence electrons. The Hall–Kier alpha value is -3.36. The second-order valence-corrected chi connectivity index (χ2v) is 17.6. The average molecular weight is 878 g/mol. The lowest BCUT2D eigenvalue weighted by Crippen LogP contribution is -2.46. The molecule has 1 aliphatic rings. The normalized spacial score (nSPS) is 21.6. The monoisotopic (exact) mass is 877 g/mol. The molecule has 0 radical (unpaired) electrons. The molecule has 0 aliphatic carbocycles. The van der Waals surface area contributed by atoms with Crippen molar-refractivity contribution < 1.29 is 90.0 Å². The number of nitrogens with two attached hydrogens (primary N) is 1. The van der Waals surface area contributed by atoms with E-state index >= 15 is 0 Å². The molecule has 0 saturated carbocycles. The van der Waals surface area contributed by atoms with Gasteiger partial charge in [0.15, 0.2) is 23.5 Å². The predicted molar refractivity (Wildman–Crippen MR) is 187 cm³/mol. The number of carbonyl (C=O) groups is 3. The van der Waals surface area contributed by atoms with Gasteiger partial charge in [0.1, 0.15) is 36.3 Å². The van der Waals surface area contributed by atoms with Gasteiger partial charge in [0.25, 0.3) is 11.1 Å². The Kier molecular flexibility index (Phi) is 15.0. The van der Waals surface area contributed by atoms with Crippen molar-refractivity contribution in [1.82, 2.24) is 30.2 Å². The number of phosphoric ester groups is 3. The summed E-state index contributed by atoms with van der Waals surface area (Å²) in [5.74, 6) is -1.87. The number of thioether (sulfide) groups is 1. The van der Waals surface area contributed by atoms with Crippen LogP contribution in [0.25, 0.3) is 11.2 Å². The second kappa shape index (κ2) is 18.5. The van der Waals surface area contributed by atoms with Gasteiger partial charge in [-0.05, 0) is 6.07 Å². The number of hydrogen-bond donors (Lipinski definition) is 10. The first-order chi connectivity index (χ1) is 26.0.